The first-order chi connectivity index (χ1) is 7.62. The molecule has 0 aromatic rings. The lowest BCUT2D eigenvalue weighted by Crippen LogP contribution is -2.31. The van der Waals surface area contributed by atoms with Crippen LogP contribution in [0.1, 0.15) is 0 Å². The molecular weight excluding hydrogens is 259 g/mol. The van der Waals surface area contributed by atoms with Gasteiger partial charge in [-0.05, 0) is 19.6 Å². The van der Waals surface area contributed by atoms with Gasteiger partial charge in [0.25, 0.3) is 0 Å². The molecule has 0 heterocycles. The molecule has 0 aliphatic heterocycles. The van der Waals surface area contributed by atoms with Gasteiger partial charge in [0.05, 0.1) is 12.6 Å². The number of carbonyl (C=O) groups excluding carboxylic acids is 2. The minimum atomic E-state index is -3.04. The van der Waals surface area contributed by atoms with Crippen molar-refractivity contribution in [3.63, 3.8) is 0 Å². The highest BCUT2D eigenvalue weighted by molar-refractivity contribution is 7.60. The Morgan fingerprint density at radius 2 is 1.41 bits per heavy atom. The second-order valence-electron chi connectivity index (χ2n) is 5.03. The molecule has 17 heavy (non-hydrogen) atoms. The molecule has 6 nitrogen and oxygen atoms in total. The molecule has 0 saturated carbocycles. The van der Waals surface area contributed by atoms with Crippen LogP contribution in [0.5, 0.6) is 0 Å². The number of nitrogens with zero attached hydrogens (tertiary/aromatic N) is 2. The minimum Gasteiger partial charge on any atom is -0.368 e. The maximum atomic E-state index is 12.6. The van der Waals surface area contributed by atoms with Crippen LogP contribution in [0.2, 0.25) is 19.6 Å². The van der Waals surface area contributed by atoms with Gasteiger partial charge in [0, 0.05) is 14.1 Å². The van der Waals surface area contributed by atoms with E-state index in [2.05, 4.69) is 0 Å². The van der Waals surface area contributed by atoms with E-state index >= 15 is 0 Å². The molecule has 8 heteroatoms. The van der Waals surface area contributed by atoms with Crippen molar-refractivity contribution < 1.29 is 18.4 Å². The quantitative estimate of drug-likeness (QED) is 0.381. The molecule has 0 aliphatic rings. The zero-order chi connectivity index (χ0) is 13.7. The van der Waals surface area contributed by atoms with Crippen LogP contribution in [0.3, 0.4) is 0 Å². The van der Waals surface area contributed by atoms with Crippen molar-refractivity contribution in [1.29, 1.82) is 0 Å². The van der Waals surface area contributed by atoms with Gasteiger partial charge >= 0.3 is 0 Å². The summed E-state index contributed by atoms with van der Waals surface area (Å²) in [7, 11) is -1.96. The Morgan fingerprint density at radius 1 is 1.06 bits per heavy atom. The third kappa shape index (κ3) is 7.30. The lowest BCUT2D eigenvalue weighted by atomic mass is 11.0. The van der Waals surface area contributed by atoms with Gasteiger partial charge in [-0.15, -0.1) is 0 Å². The Kier molecular flexibility index (Phi) is 6.08. The van der Waals surface area contributed by atoms with E-state index < -0.39 is 15.7 Å². The average molecular weight is 280 g/mol. The van der Waals surface area contributed by atoms with Crippen molar-refractivity contribution in [2.24, 2.45) is 0 Å². The van der Waals surface area contributed by atoms with Crippen molar-refractivity contribution in [1.82, 2.24) is 9.80 Å². The largest absolute Gasteiger partial charge is 0.368 e. The summed E-state index contributed by atoms with van der Waals surface area (Å²) in [5, 5.41) is 0. The summed E-state index contributed by atoms with van der Waals surface area (Å²) in [6.45, 7) is 5.75. The van der Waals surface area contributed by atoms with Crippen LogP contribution in [0, 0.1) is 0 Å². The molecule has 0 rings (SSSR count). The van der Waals surface area contributed by atoms with E-state index in [1.807, 2.05) is 19.6 Å². The molecule has 0 unspecified atom stereocenters. The molecule has 0 radical (unpaired) electrons. The third-order valence-electron chi connectivity index (χ3n) is 1.68. The van der Waals surface area contributed by atoms with E-state index in [4.69, 9.17) is 4.21 Å². The molecule has 0 aromatic carbocycles. The Hall–Kier alpha value is -0.653. The first-order valence-electron chi connectivity index (χ1n) is 5.22. The minimum absolute atomic E-state index is 0.0267. The molecular formula is C9H21N2O4PSi. The standard InChI is InChI=1S/C9H21N2O4PSi/c1-10(6-12)8-16(14,9-11(2)7-13)15-17(3,4)5/h6-7H,8-9H2,1-5H3. The molecule has 0 aliphatic carbocycles. The van der Waals surface area contributed by atoms with Crippen LogP contribution in [-0.2, 0) is 18.4 Å². The summed E-state index contributed by atoms with van der Waals surface area (Å²) in [6, 6.07) is 0. The van der Waals surface area contributed by atoms with Crippen LogP contribution < -0.4 is 0 Å². The molecule has 0 aromatic heterocycles. The van der Waals surface area contributed by atoms with E-state index in [0.717, 1.165) is 0 Å². The maximum absolute atomic E-state index is 12.6. The van der Waals surface area contributed by atoms with Crippen LogP contribution in [0.25, 0.3) is 0 Å². The zero-order valence-electron chi connectivity index (χ0n) is 11.0. The second-order valence-corrected chi connectivity index (χ2v) is 12.2. The first-order valence-corrected chi connectivity index (χ1v) is 10.6. The highest BCUT2D eigenvalue weighted by Gasteiger charge is 2.32. The Labute approximate surface area is 103 Å². The molecule has 0 atom stereocenters. The van der Waals surface area contributed by atoms with Gasteiger partial charge in [-0.25, -0.2) is 0 Å². The molecule has 0 N–H and O–H groups in total. The molecule has 100 valence electrons. The number of rotatable bonds is 8. The lowest BCUT2D eigenvalue weighted by molar-refractivity contribution is -0.116. The van der Waals surface area contributed by atoms with Crippen molar-refractivity contribution in [2.75, 3.05) is 26.7 Å². The van der Waals surface area contributed by atoms with Gasteiger partial charge in [0.15, 0.2) is 8.32 Å². The van der Waals surface area contributed by atoms with E-state index in [0.29, 0.717) is 12.8 Å². The van der Waals surface area contributed by atoms with Crippen LogP contribution >= 0.6 is 7.37 Å². The van der Waals surface area contributed by atoms with Gasteiger partial charge in [-0.2, -0.15) is 0 Å². The van der Waals surface area contributed by atoms with Crippen LogP contribution in [-0.4, -0.2) is 57.6 Å². The third-order valence-corrected chi connectivity index (χ3v) is 6.95. The summed E-state index contributed by atoms with van der Waals surface area (Å²) in [5.41, 5.74) is 0. The lowest BCUT2D eigenvalue weighted by Gasteiger charge is -2.30. The summed E-state index contributed by atoms with van der Waals surface area (Å²) in [6.07, 6.45) is 1.25. The van der Waals surface area contributed by atoms with Gasteiger partial charge < -0.3 is 14.0 Å². The van der Waals surface area contributed by atoms with Crippen molar-refractivity contribution in [3.05, 3.63) is 0 Å². The highest BCUT2D eigenvalue weighted by atomic mass is 31.2. The fraction of sp³-hybridized carbons (Fsp3) is 0.778. The fourth-order valence-electron chi connectivity index (χ4n) is 1.35. The molecule has 0 spiro atoms. The van der Waals surface area contributed by atoms with Gasteiger partial charge in [0.1, 0.15) is 0 Å². The zero-order valence-corrected chi connectivity index (χ0v) is 12.9. The van der Waals surface area contributed by atoms with Crippen molar-refractivity contribution in [2.45, 2.75) is 19.6 Å². The topological polar surface area (TPSA) is 66.9 Å². The normalized spacial score (nSPS) is 12.1. The van der Waals surface area contributed by atoms with Crippen molar-refractivity contribution >= 4 is 28.5 Å². The monoisotopic (exact) mass is 280 g/mol. The van der Waals surface area contributed by atoms with Gasteiger partial charge in [-0.1, -0.05) is 0 Å². The Balaban J connectivity index is 4.86. The SMILES string of the molecule is CN(C=O)CP(=O)(CN(C)C=O)O[Si](C)(C)C. The summed E-state index contributed by atoms with van der Waals surface area (Å²) < 4.78 is 18.2. The predicted molar refractivity (Wildman–Crippen MR) is 69.4 cm³/mol. The first kappa shape index (κ1) is 16.3. The van der Waals surface area contributed by atoms with E-state index in [-0.39, 0.29) is 12.6 Å². The van der Waals surface area contributed by atoms with Gasteiger partial charge in [-0.3, -0.25) is 14.2 Å². The smallest absolute Gasteiger partial charge is 0.231 e. The number of hydrogen-bond acceptors (Lipinski definition) is 4. The number of carbonyl (C=O) groups is 2. The van der Waals surface area contributed by atoms with Crippen molar-refractivity contribution in [3.8, 4) is 0 Å². The Morgan fingerprint density at radius 3 is 1.65 bits per heavy atom. The molecule has 0 saturated heterocycles. The summed E-state index contributed by atoms with van der Waals surface area (Å²) >= 11 is 0. The number of amides is 2. The van der Waals surface area contributed by atoms with Gasteiger partial charge in [0.2, 0.25) is 20.2 Å². The number of hydrogen-bond donors (Lipinski definition) is 0. The van der Waals surface area contributed by atoms with E-state index in [1.54, 1.807) is 0 Å². The predicted octanol–water partition coefficient (Wildman–Crippen LogP) is 1.21. The molecule has 0 fully saturated rings. The fourth-order valence-corrected chi connectivity index (χ4v) is 7.38. The van der Waals surface area contributed by atoms with E-state index in [9.17, 15) is 14.2 Å². The highest BCUT2D eigenvalue weighted by Crippen LogP contribution is 2.49. The van der Waals surface area contributed by atoms with Crippen LogP contribution in [0.15, 0.2) is 0 Å². The second kappa shape index (κ2) is 6.33. The summed E-state index contributed by atoms with van der Waals surface area (Å²) in [5.74, 6) is 0. The summed E-state index contributed by atoms with van der Waals surface area (Å²) in [4.78, 5) is 23.7. The average Bonchev–Trinajstić information content (AvgIpc) is 2.13. The molecule has 2 amide bonds. The maximum Gasteiger partial charge on any atom is 0.231 e. The molecule has 0 bridgehead atoms. The van der Waals surface area contributed by atoms with E-state index in [1.165, 1.54) is 23.9 Å². The van der Waals surface area contributed by atoms with Crippen LogP contribution in [0.4, 0.5) is 0 Å². The Bertz CT molecular complexity index is 299.